The highest BCUT2D eigenvalue weighted by atomic mass is 19.4. The lowest BCUT2D eigenvalue weighted by Gasteiger charge is -2.32. The summed E-state index contributed by atoms with van der Waals surface area (Å²) in [6.45, 7) is 3.82. The molecule has 2 fully saturated rings. The molecule has 26 heavy (non-hydrogen) atoms. The smallest absolute Gasteiger partial charge is 0.335 e. The number of amides is 1. The van der Waals surface area contributed by atoms with Gasteiger partial charge in [-0.25, -0.2) is 0 Å². The number of rotatable bonds is 4. The first-order chi connectivity index (χ1) is 12.4. The molecular formula is C20H25F3N2O. The van der Waals surface area contributed by atoms with Gasteiger partial charge in [0, 0.05) is 25.2 Å². The van der Waals surface area contributed by atoms with E-state index in [1.54, 1.807) is 6.07 Å². The summed E-state index contributed by atoms with van der Waals surface area (Å²) in [7, 11) is 0. The molecule has 2 aliphatic rings. The fourth-order valence-corrected chi connectivity index (χ4v) is 3.84. The summed E-state index contributed by atoms with van der Waals surface area (Å²) >= 11 is 0. The van der Waals surface area contributed by atoms with E-state index in [0.29, 0.717) is 5.56 Å². The summed E-state index contributed by atoms with van der Waals surface area (Å²) in [5, 5.41) is 0. The van der Waals surface area contributed by atoms with E-state index in [4.69, 9.17) is 0 Å². The van der Waals surface area contributed by atoms with E-state index in [-0.39, 0.29) is 11.9 Å². The Kier molecular flexibility index (Phi) is 6.01. The van der Waals surface area contributed by atoms with Gasteiger partial charge in [0.15, 0.2) is 0 Å². The molecule has 1 aromatic rings. The van der Waals surface area contributed by atoms with E-state index in [2.05, 4.69) is 4.90 Å². The van der Waals surface area contributed by atoms with Crippen LogP contribution in [0, 0.1) is 0 Å². The maximum absolute atomic E-state index is 12.8. The van der Waals surface area contributed by atoms with Gasteiger partial charge in [-0.3, -0.25) is 4.79 Å². The van der Waals surface area contributed by atoms with Gasteiger partial charge in [0.1, 0.15) is 0 Å². The van der Waals surface area contributed by atoms with Crippen molar-refractivity contribution in [2.75, 3.05) is 26.2 Å². The number of likely N-dealkylation sites (tertiary alicyclic amines) is 2. The number of hydrogen-bond acceptors (Lipinski definition) is 2. The first kappa shape index (κ1) is 19.0. The van der Waals surface area contributed by atoms with Crippen LogP contribution >= 0.6 is 0 Å². The van der Waals surface area contributed by atoms with E-state index in [1.807, 2.05) is 4.90 Å². The van der Waals surface area contributed by atoms with Gasteiger partial charge in [-0.05, 0) is 62.5 Å². The molecule has 0 aliphatic carbocycles. The lowest BCUT2D eigenvalue weighted by atomic mass is 10.1. The van der Waals surface area contributed by atoms with Gasteiger partial charge in [-0.2, -0.15) is 13.2 Å². The van der Waals surface area contributed by atoms with Crippen LogP contribution in [0.2, 0.25) is 0 Å². The molecule has 0 aromatic heterocycles. The molecule has 1 atom stereocenters. The van der Waals surface area contributed by atoms with Gasteiger partial charge in [-0.15, -0.1) is 0 Å². The van der Waals surface area contributed by atoms with E-state index < -0.39 is 11.7 Å². The molecule has 0 bridgehead atoms. The van der Waals surface area contributed by atoms with Crippen molar-refractivity contribution in [3.05, 3.63) is 41.5 Å². The highest BCUT2D eigenvalue weighted by Crippen LogP contribution is 2.29. The monoisotopic (exact) mass is 366 g/mol. The average molecular weight is 366 g/mol. The summed E-state index contributed by atoms with van der Waals surface area (Å²) < 4.78 is 38.3. The highest BCUT2D eigenvalue weighted by molar-refractivity contribution is 5.92. The van der Waals surface area contributed by atoms with Crippen LogP contribution in [0.3, 0.4) is 0 Å². The standard InChI is InChI=1S/C20H25F3N2O/c21-20(22,23)17-7-4-6-16(14-17)9-10-19(26)25-13-5-8-18(25)15-24-11-2-1-3-12-24/h4,6-7,9-10,14,18H,1-3,5,8,11-13,15H2/b10-9+/t18-/m0/s1. The van der Waals surface area contributed by atoms with Crippen molar-refractivity contribution in [2.45, 2.75) is 44.3 Å². The zero-order valence-corrected chi connectivity index (χ0v) is 14.8. The SMILES string of the molecule is O=C(/C=C/c1cccc(C(F)(F)F)c1)N1CCC[C@H]1CN1CCCCC1. The number of carbonyl (C=O) groups is 1. The molecule has 6 heteroatoms. The van der Waals surface area contributed by atoms with Crippen LogP contribution in [-0.2, 0) is 11.0 Å². The number of nitrogens with zero attached hydrogens (tertiary/aromatic N) is 2. The third-order valence-corrected chi connectivity index (χ3v) is 5.21. The number of hydrogen-bond donors (Lipinski definition) is 0. The van der Waals surface area contributed by atoms with E-state index >= 15 is 0 Å². The molecule has 142 valence electrons. The predicted octanol–water partition coefficient (Wildman–Crippen LogP) is 4.20. The Morgan fingerprint density at radius 1 is 1.12 bits per heavy atom. The number of carbonyl (C=O) groups excluding carboxylic acids is 1. The third-order valence-electron chi connectivity index (χ3n) is 5.21. The predicted molar refractivity (Wildman–Crippen MR) is 95.5 cm³/mol. The quantitative estimate of drug-likeness (QED) is 0.746. The van der Waals surface area contributed by atoms with E-state index in [1.165, 1.54) is 37.5 Å². The number of halogens is 3. The Bertz CT molecular complexity index is 651. The zero-order valence-electron chi connectivity index (χ0n) is 14.8. The molecular weight excluding hydrogens is 341 g/mol. The summed E-state index contributed by atoms with van der Waals surface area (Å²) in [6, 6.07) is 5.26. The van der Waals surface area contributed by atoms with Gasteiger partial charge in [-0.1, -0.05) is 18.6 Å². The maximum atomic E-state index is 12.8. The molecule has 0 saturated carbocycles. The minimum Gasteiger partial charge on any atom is -0.335 e. The molecule has 0 unspecified atom stereocenters. The summed E-state index contributed by atoms with van der Waals surface area (Å²) in [5.41, 5.74) is -0.309. The summed E-state index contributed by atoms with van der Waals surface area (Å²) in [4.78, 5) is 16.9. The van der Waals surface area contributed by atoms with Gasteiger partial charge in [0.2, 0.25) is 5.91 Å². The minimum absolute atomic E-state index is 0.109. The second kappa shape index (κ2) is 8.25. The van der Waals surface area contributed by atoms with Crippen LogP contribution in [0.5, 0.6) is 0 Å². The molecule has 2 aliphatic heterocycles. The maximum Gasteiger partial charge on any atom is 0.416 e. The molecule has 2 saturated heterocycles. The molecule has 0 spiro atoms. The van der Waals surface area contributed by atoms with Crippen LogP contribution in [-0.4, -0.2) is 47.9 Å². The van der Waals surface area contributed by atoms with Crippen molar-refractivity contribution in [1.82, 2.24) is 9.80 Å². The lowest BCUT2D eigenvalue weighted by molar-refractivity contribution is -0.137. The van der Waals surface area contributed by atoms with Gasteiger partial charge >= 0.3 is 6.18 Å². The van der Waals surface area contributed by atoms with E-state index in [9.17, 15) is 18.0 Å². The molecule has 2 heterocycles. The Hall–Kier alpha value is -1.82. The lowest BCUT2D eigenvalue weighted by Crippen LogP contribution is -2.44. The van der Waals surface area contributed by atoms with E-state index in [0.717, 1.165) is 51.2 Å². The fraction of sp³-hybridized carbons (Fsp3) is 0.550. The normalized spacial score (nSPS) is 22.3. The zero-order chi connectivity index (χ0) is 18.6. The molecule has 0 radical (unpaired) electrons. The molecule has 3 rings (SSSR count). The topological polar surface area (TPSA) is 23.6 Å². The van der Waals surface area contributed by atoms with Crippen LogP contribution in [0.4, 0.5) is 13.2 Å². The Morgan fingerprint density at radius 3 is 2.62 bits per heavy atom. The number of alkyl halides is 3. The van der Waals surface area contributed by atoms with Gasteiger partial charge < -0.3 is 9.80 Å². The van der Waals surface area contributed by atoms with Crippen molar-refractivity contribution in [3.63, 3.8) is 0 Å². The molecule has 3 nitrogen and oxygen atoms in total. The summed E-state index contributed by atoms with van der Waals surface area (Å²) in [5.74, 6) is -0.109. The third kappa shape index (κ3) is 4.87. The average Bonchev–Trinajstić information content (AvgIpc) is 3.08. The van der Waals surface area contributed by atoms with Crippen molar-refractivity contribution < 1.29 is 18.0 Å². The van der Waals surface area contributed by atoms with Crippen molar-refractivity contribution in [2.24, 2.45) is 0 Å². The fourth-order valence-electron chi connectivity index (χ4n) is 3.84. The first-order valence-corrected chi connectivity index (χ1v) is 9.32. The molecule has 0 N–H and O–H groups in total. The molecule has 1 amide bonds. The van der Waals surface area contributed by atoms with Crippen LogP contribution in [0.15, 0.2) is 30.3 Å². The highest BCUT2D eigenvalue weighted by Gasteiger charge is 2.31. The second-order valence-corrected chi connectivity index (χ2v) is 7.15. The number of benzene rings is 1. The Morgan fingerprint density at radius 2 is 1.88 bits per heavy atom. The largest absolute Gasteiger partial charge is 0.416 e. The van der Waals surface area contributed by atoms with Crippen LogP contribution in [0.1, 0.15) is 43.2 Å². The summed E-state index contributed by atoms with van der Waals surface area (Å²) in [6.07, 6.45) is 4.22. The van der Waals surface area contributed by atoms with Crippen molar-refractivity contribution in [3.8, 4) is 0 Å². The second-order valence-electron chi connectivity index (χ2n) is 7.15. The number of piperidine rings is 1. The first-order valence-electron chi connectivity index (χ1n) is 9.32. The van der Waals surface area contributed by atoms with Gasteiger partial charge in [0.05, 0.1) is 5.56 Å². The Balaban J connectivity index is 1.62. The Labute approximate surface area is 152 Å². The van der Waals surface area contributed by atoms with Gasteiger partial charge in [0.25, 0.3) is 0 Å². The van der Waals surface area contributed by atoms with Crippen molar-refractivity contribution >= 4 is 12.0 Å². The van der Waals surface area contributed by atoms with Crippen LogP contribution < -0.4 is 0 Å². The minimum atomic E-state index is -4.37. The van der Waals surface area contributed by atoms with Crippen molar-refractivity contribution in [1.29, 1.82) is 0 Å². The molecule has 1 aromatic carbocycles. The van der Waals surface area contributed by atoms with Crippen LogP contribution in [0.25, 0.3) is 6.08 Å².